The third-order valence-electron chi connectivity index (χ3n) is 6.88. The number of amides is 2. The van der Waals surface area contributed by atoms with Gasteiger partial charge in [-0.15, -0.1) is 0 Å². The first kappa shape index (κ1) is 28.0. The van der Waals surface area contributed by atoms with Crippen LogP contribution in [0.3, 0.4) is 0 Å². The summed E-state index contributed by atoms with van der Waals surface area (Å²) >= 11 is 0. The monoisotopic (exact) mass is 532 g/mol. The maximum Gasteiger partial charge on any atom is 0.410 e. The number of carbonyl (C=O) groups is 2. The van der Waals surface area contributed by atoms with Crippen molar-refractivity contribution in [1.82, 2.24) is 14.5 Å². The second kappa shape index (κ2) is 11.8. The molecule has 9 heteroatoms. The summed E-state index contributed by atoms with van der Waals surface area (Å²) in [7, 11) is 0. The minimum Gasteiger partial charge on any atom is -0.444 e. The van der Waals surface area contributed by atoms with Gasteiger partial charge in [-0.1, -0.05) is 24.3 Å². The molecule has 1 aliphatic rings. The number of anilines is 1. The SMILES string of the molecule is C[C@H](C(=O)Nc1ccc(C[C@@H]2CC[C@H]([C@H](O)c3cccnc3)N2C(=O)OC(C)(C)C)cc1)n1ccccc1=O. The molecule has 1 saturated heterocycles. The Balaban J connectivity index is 1.47. The van der Waals surface area contributed by atoms with Crippen LogP contribution in [-0.4, -0.2) is 49.2 Å². The van der Waals surface area contributed by atoms with Crippen molar-refractivity contribution >= 4 is 17.7 Å². The lowest BCUT2D eigenvalue weighted by atomic mass is 10.0. The zero-order valence-electron chi connectivity index (χ0n) is 22.8. The number of aliphatic hydroxyl groups is 1. The van der Waals surface area contributed by atoms with E-state index in [-0.39, 0.29) is 17.5 Å². The van der Waals surface area contributed by atoms with E-state index < -0.39 is 29.9 Å². The van der Waals surface area contributed by atoms with E-state index in [1.165, 1.54) is 10.6 Å². The van der Waals surface area contributed by atoms with Crippen LogP contribution in [0, 0.1) is 0 Å². The lowest BCUT2D eigenvalue weighted by molar-refractivity contribution is -0.118. The first-order valence-electron chi connectivity index (χ1n) is 13.2. The van der Waals surface area contributed by atoms with Gasteiger partial charge in [0.05, 0.1) is 6.04 Å². The lowest BCUT2D eigenvalue weighted by Crippen LogP contribution is -2.47. The van der Waals surface area contributed by atoms with E-state index in [1.807, 2.05) is 45.0 Å². The fourth-order valence-electron chi connectivity index (χ4n) is 4.92. The molecule has 1 fully saturated rings. The maximum atomic E-state index is 13.3. The molecule has 0 radical (unpaired) electrons. The van der Waals surface area contributed by atoms with Crippen LogP contribution < -0.4 is 10.9 Å². The van der Waals surface area contributed by atoms with Crippen LogP contribution in [0.4, 0.5) is 10.5 Å². The third-order valence-corrected chi connectivity index (χ3v) is 6.88. The number of nitrogens with one attached hydrogen (secondary N) is 1. The Morgan fingerprint density at radius 3 is 2.49 bits per heavy atom. The molecule has 206 valence electrons. The average molecular weight is 533 g/mol. The molecule has 0 aliphatic carbocycles. The number of nitrogens with zero attached hydrogens (tertiary/aromatic N) is 3. The van der Waals surface area contributed by atoms with Crippen LogP contribution in [0.5, 0.6) is 0 Å². The van der Waals surface area contributed by atoms with Crippen molar-refractivity contribution in [2.45, 2.75) is 76.8 Å². The van der Waals surface area contributed by atoms with Gasteiger partial charge >= 0.3 is 6.09 Å². The molecule has 3 heterocycles. The van der Waals surface area contributed by atoms with Gasteiger partial charge in [-0.2, -0.15) is 0 Å². The third kappa shape index (κ3) is 6.92. The van der Waals surface area contributed by atoms with Gasteiger partial charge < -0.3 is 19.7 Å². The molecule has 39 heavy (non-hydrogen) atoms. The smallest absolute Gasteiger partial charge is 0.410 e. The molecular weight excluding hydrogens is 496 g/mol. The average Bonchev–Trinajstić information content (AvgIpc) is 3.32. The van der Waals surface area contributed by atoms with Crippen LogP contribution in [0.25, 0.3) is 0 Å². The zero-order valence-corrected chi connectivity index (χ0v) is 22.8. The maximum absolute atomic E-state index is 13.3. The van der Waals surface area contributed by atoms with Crippen molar-refractivity contribution in [2.75, 3.05) is 5.32 Å². The minimum absolute atomic E-state index is 0.165. The second-order valence-corrected chi connectivity index (χ2v) is 10.9. The predicted molar refractivity (Wildman–Crippen MR) is 148 cm³/mol. The summed E-state index contributed by atoms with van der Waals surface area (Å²) in [6.45, 7) is 7.15. The highest BCUT2D eigenvalue weighted by Gasteiger charge is 2.43. The largest absolute Gasteiger partial charge is 0.444 e. The number of benzene rings is 1. The van der Waals surface area contributed by atoms with Gasteiger partial charge in [0.2, 0.25) is 5.91 Å². The van der Waals surface area contributed by atoms with Gasteiger partial charge in [0.15, 0.2) is 0 Å². The molecule has 9 nitrogen and oxygen atoms in total. The lowest BCUT2D eigenvalue weighted by Gasteiger charge is -2.34. The Morgan fingerprint density at radius 1 is 1.10 bits per heavy atom. The highest BCUT2D eigenvalue weighted by Crippen LogP contribution is 2.35. The summed E-state index contributed by atoms with van der Waals surface area (Å²) in [6, 6.07) is 14.5. The standard InChI is InChI=1S/C30H36N4O5/c1-20(33-17-6-5-9-26(33)35)28(37)32-23-12-10-21(11-13-23)18-24-14-15-25(27(36)22-8-7-16-31-19-22)34(24)29(38)39-30(2,3)4/h5-13,16-17,19-20,24-25,27,36H,14-15,18H2,1-4H3,(H,32,37)/t20-,24+,25-,27-/m1/s1. The molecule has 0 bridgehead atoms. The van der Waals surface area contributed by atoms with E-state index in [0.29, 0.717) is 30.5 Å². The Labute approximate surface area is 228 Å². The molecule has 2 N–H and O–H groups in total. The number of pyridine rings is 2. The number of aromatic nitrogens is 2. The molecule has 2 aromatic heterocycles. The van der Waals surface area contributed by atoms with Crippen molar-refractivity contribution in [3.05, 3.63) is 94.7 Å². The van der Waals surface area contributed by atoms with Gasteiger partial charge in [-0.25, -0.2) is 4.79 Å². The molecule has 4 rings (SSSR count). The van der Waals surface area contributed by atoms with Crippen LogP contribution in [-0.2, 0) is 16.0 Å². The number of hydrogen-bond acceptors (Lipinski definition) is 6. The Hall–Kier alpha value is -3.98. The summed E-state index contributed by atoms with van der Waals surface area (Å²) in [5, 5.41) is 14.0. The molecule has 2 amide bonds. The van der Waals surface area contributed by atoms with E-state index in [1.54, 1.807) is 54.7 Å². The predicted octanol–water partition coefficient (Wildman–Crippen LogP) is 4.49. The van der Waals surface area contributed by atoms with Crippen molar-refractivity contribution in [2.24, 2.45) is 0 Å². The van der Waals surface area contributed by atoms with Gasteiger partial charge in [0, 0.05) is 41.9 Å². The minimum atomic E-state index is -0.882. The summed E-state index contributed by atoms with van der Waals surface area (Å²) in [4.78, 5) is 43.9. The Bertz CT molecular complexity index is 1330. The van der Waals surface area contributed by atoms with Gasteiger partial charge in [-0.3, -0.25) is 19.5 Å². The summed E-state index contributed by atoms with van der Waals surface area (Å²) in [5.74, 6) is -0.296. The quantitative estimate of drug-likeness (QED) is 0.464. The number of aliphatic hydroxyl groups excluding tert-OH is 1. The van der Waals surface area contributed by atoms with Gasteiger partial charge in [0.25, 0.3) is 5.56 Å². The zero-order chi connectivity index (χ0) is 28.2. The number of likely N-dealkylation sites (tertiary alicyclic amines) is 1. The first-order valence-corrected chi connectivity index (χ1v) is 13.2. The number of ether oxygens (including phenoxy) is 1. The normalized spacial score (nSPS) is 18.8. The van der Waals surface area contributed by atoms with E-state index in [9.17, 15) is 19.5 Å². The fraction of sp³-hybridized carbons (Fsp3) is 0.400. The van der Waals surface area contributed by atoms with E-state index >= 15 is 0 Å². The summed E-state index contributed by atoms with van der Waals surface area (Å²) in [6.07, 6.45) is 5.43. The molecule has 0 saturated carbocycles. The molecule has 0 unspecified atom stereocenters. The highest BCUT2D eigenvalue weighted by molar-refractivity contribution is 5.93. The van der Waals surface area contributed by atoms with Gasteiger partial charge in [0.1, 0.15) is 17.7 Å². The molecule has 1 aromatic carbocycles. The number of carbonyl (C=O) groups excluding carboxylic acids is 2. The molecule has 4 atom stereocenters. The molecule has 3 aromatic rings. The second-order valence-electron chi connectivity index (χ2n) is 10.9. The first-order chi connectivity index (χ1) is 18.5. The van der Waals surface area contributed by atoms with Crippen molar-refractivity contribution in [3.63, 3.8) is 0 Å². The van der Waals surface area contributed by atoms with Crippen LogP contribution in [0.2, 0.25) is 0 Å². The van der Waals surface area contributed by atoms with Crippen molar-refractivity contribution in [1.29, 1.82) is 0 Å². The van der Waals surface area contributed by atoms with Crippen LogP contribution in [0.15, 0.2) is 78.0 Å². The summed E-state index contributed by atoms with van der Waals surface area (Å²) in [5.41, 5.74) is 1.34. The Morgan fingerprint density at radius 2 is 1.85 bits per heavy atom. The molecule has 1 aliphatic heterocycles. The number of hydrogen-bond donors (Lipinski definition) is 2. The molecular formula is C30H36N4O5. The number of rotatable bonds is 7. The fourth-order valence-corrected chi connectivity index (χ4v) is 4.92. The van der Waals surface area contributed by atoms with Gasteiger partial charge in [-0.05, 0) is 76.8 Å². The topological polar surface area (TPSA) is 114 Å². The van der Waals surface area contributed by atoms with Crippen molar-refractivity contribution in [3.8, 4) is 0 Å². The Kier molecular flexibility index (Phi) is 8.50. The van der Waals surface area contributed by atoms with Crippen LogP contribution >= 0.6 is 0 Å². The molecule has 0 spiro atoms. The highest BCUT2D eigenvalue weighted by atomic mass is 16.6. The van der Waals surface area contributed by atoms with Crippen LogP contribution in [0.1, 0.15) is 63.8 Å². The van der Waals surface area contributed by atoms with E-state index in [0.717, 1.165) is 5.56 Å². The van der Waals surface area contributed by atoms with E-state index in [4.69, 9.17) is 4.74 Å². The summed E-state index contributed by atoms with van der Waals surface area (Å²) < 4.78 is 7.10. The van der Waals surface area contributed by atoms with Crippen molar-refractivity contribution < 1.29 is 19.4 Å². The van der Waals surface area contributed by atoms with E-state index in [2.05, 4.69) is 10.3 Å².